The summed E-state index contributed by atoms with van der Waals surface area (Å²) in [6.07, 6.45) is 2.19. The lowest BCUT2D eigenvalue weighted by molar-refractivity contribution is -0.127. The highest BCUT2D eigenvalue weighted by atomic mass is 32.2. The van der Waals surface area contributed by atoms with E-state index in [1.54, 1.807) is 0 Å². The first-order valence-corrected chi connectivity index (χ1v) is 9.82. The average Bonchev–Trinajstić information content (AvgIpc) is 3.28. The summed E-state index contributed by atoms with van der Waals surface area (Å²) in [5.41, 5.74) is 2.54. The number of benzene rings is 1. The quantitative estimate of drug-likeness (QED) is 0.642. The third kappa shape index (κ3) is 3.09. The molecule has 0 atom stereocenters. The maximum Gasteiger partial charge on any atom is 0.233 e. The number of hydrogen-bond acceptors (Lipinski definition) is 6. The van der Waals surface area contributed by atoms with Crippen LogP contribution in [0.2, 0.25) is 0 Å². The Morgan fingerprint density at radius 1 is 1.27 bits per heavy atom. The Kier molecular flexibility index (Phi) is 4.67. The monoisotopic (exact) mass is 371 g/mol. The zero-order chi connectivity index (χ0) is 18.1. The van der Waals surface area contributed by atoms with Crippen molar-refractivity contribution in [3.63, 3.8) is 0 Å². The minimum atomic E-state index is 0.148. The Balaban J connectivity index is 1.61. The predicted octanol–water partition coefficient (Wildman–Crippen LogP) is 2.63. The number of amides is 1. The second kappa shape index (κ2) is 7.11. The van der Waals surface area contributed by atoms with E-state index in [1.165, 1.54) is 11.8 Å². The Morgan fingerprint density at radius 3 is 2.85 bits per heavy atom. The Morgan fingerprint density at radius 2 is 2.08 bits per heavy atom. The molecule has 4 rings (SSSR count). The largest absolute Gasteiger partial charge is 0.494 e. The normalized spacial score (nSPS) is 14.5. The standard InChI is InChI=1S/C18H21N5O2S/c1-3-25-12-6-7-14-13(10-12)16-17(22(14)2)19-18(21-20-16)26-11-15(24)23-8-4-5-9-23/h6-7,10H,3-5,8-9,11H2,1-2H3. The van der Waals surface area contributed by atoms with Crippen molar-refractivity contribution in [2.75, 3.05) is 25.4 Å². The molecule has 0 radical (unpaired) electrons. The zero-order valence-electron chi connectivity index (χ0n) is 14.9. The van der Waals surface area contributed by atoms with Crippen molar-refractivity contribution in [3.8, 4) is 5.75 Å². The summed E-state index contributed by atoms with van der Waals surface area (Å²) < 4.78 is 7.59. The number of fused-ring (bicyclic) bond motifs is 3. The molecule has 1 aliphatic rings. The molecule has 0 bridgehead atoms. The molecule has 2 aromatic heterocycles. The van der Waals surface area contributed by atoms with E-state index in [4.69, 9.17) is 4.74 Å². The number of carbonyl (C=O) groups is 1. The van der Waals surface area contributed by atoms with Crippen molar-refractivity contribution < 1.29 is 9.53 Å². The van der Waals surface area contributed by atoms with Crippen LogP contribution in [-0.4, -0.2) is 56.0 Å². The van der Waals surface area contributed by atoms with E-state index >= 15 is 0 Å². The number of nitrogens with zero attached hydrogens (tertiary/aromatic N) is 5. The van der Waals surface area contributed by atoms with Crippen molar-refractivity contribution in [1.29, 1.82) is 0 Å². The van der Waals surface area contributed by atoms with Crippen LogP contribution in [0.1, 0.15) is 19.8 Å². The molecule has 0 N–H and O–H groups in total. The molecule has 136 valence electrons. The van der Waals surface area contributed by atoms with Crippen molar-refractivity contribution in [3.05, 3.63) is 18.2 Å². The first kappa shape index (κ1) is 17.1. The molecule has 1 aliphatic heterocycles. The highest BCUT2D eigenvalue weighted by molar-refractivity contribution is 7.99. The minimum absolute atomic E-state index is 0.148. The van der Waals surface area contributed by atoms with Crippen LogP contribution in [0.25, 0.3) is 22.1 Å². The Hall–Kier alpha value is -2.35. The lowest BCUT2D eigenvalue weighted by Crippen LogP contribution is -2.29. The Labute approximate surface area is 155 Å². The van der Waals surface area contributed by atoms with Crippen molar-refractivity contribution in [2.45, 2.75) is 24.9 Å². The second-order valence-electron chi connectivity index (χ2n) is 6.31. The van der Waals surface area contributed by atoms with Gasteiger partial charge in [0.05, 0.1) is 17.9 Å². The van der Waals surface area contributed by atoms with Gasteiger partial charge in [0.2, 0.25) is 11.1 Å². The van der Waals surface area contributed by atoms with Gasteiger partial charge in [0.25, 0.3) is 0 Å². The van der Waals surface area contributed by atoms with Gasteiger partial charge in [0, 0.05) is 25.5 Å². The van der Waals surface area contributed by atoms with Crippen LogP contribution in [0.3, 0.4) is 0 Å². The van der Waals surface area contributed by atoms with E-state index < -0.39 is 0 Å². The fourth-order valence-corrected chi connectivity index (χ4v) is 4.01. The van der Waals surface area contributed by atoms with Crippen LogP contribution in [0.4, 0.5) is 0 Å². The summed E-state index contributed by atoms with van der Waals surface area (Å²) in [5.74, 6) is 1.31. The van der Waals surface area contributed by atoms with E-state index in [0.29, 0.717) is 17.5 Å². The third-order valence-electron chi connectivity index (χ3n) is 4.65. The molecule has 1 amide bonds. The molecule has 0 saturated carbocycles. The van der Waals surface area contributed by atoms with Gasteiger partial charge in [0.1, 0.15) is 11.3 Å². The molecule has 8 heteroatoms. The number of ether oxygens (including phenoxy) is 1. The van der Waals surface area contributed by atoms with Crippen LogP contribution >= 0.6 is 11.8 Å². The van der Waals surface area contributed by atoms with Crippen LogP contribution in [-0.2, 0) is 11.8 Å². The molecule has 3 aromatic rings. The highest BCUT2D eigenvalue weighted by Crippen LogP contribution is 2.29. The SMILES string of the molecule is CCOc1ccc2c(c1)c1nnc(SCC(=O)N3CCCC3)nc1n2C. The summed E-state index contributed by atoms with van der Waals surface area (Å²) in [6, 6.07) is 5.93. The summed E-state index contributed by atoms with van der Waals surface area (Å²) >= 11 is 1.35. The zero-order valence-corrected chi connectivity index (χ0v) is 15.8. The van der Waals surface area contributed by atoms with Gasteiger partial charge in [-0.1, -0.05) is 11.8 Å². The molecule has 26 heavy (non-hydrogen) atoms. The molecule has 0 unspecified atom stereocenters. The van der Waals surface area contributed by atoms with Crippen molar-refractivity contribution in [2.24, 2.45) is 7.05 Å². The highest BCUT2D eigenvalue weighted by Gasteiger charge is 2.19. The van der Waals surface area contributed by atoms with Crippen LogP contribution in [0.5, 0.6) is 5.75 Å². The predicted molar refractivity (Wildman–Crippen MR) is 102 cm³/mol. The molecule has 1 fully saturated rings. The fraction of sp³-hybridized carbons (Fsp3) is 0.444. The molecule has 0 aliphatic carbocycles. The second-order valence-corrected chi connectivity index (χ2v) is 7.26. The maximum atomic E-state index is 12.2. The van der Waals surface area contributed by atoms with Crippen molar-refractivity contribution >= 4 is 39.7 Å². The van der Waals surface area contributed by atoms with Crippen molar-refractivity contribution in [1.82, 2.24) is 24.6 Å². The van der Waals surface area contributed by atoms with Gasteiger partial charge in [-0.05, 0) is 38.0 Å². The number of rotatable bonds is 5. The molecule has 0 spiro atoms. The number of likely N-dealkylation sites (tertiary alicyclic amines) is 1. The van der Waals surface area contributed by atoms with Crippen LogP contribution < -0.4 is 4.74 Å². The molecule has 1 saturated heterocycles. The molecule has 7 nitrogen and oxygen atoms in total. The summed E-state index contributed by atoms with van der Waals surface area (Å²) in [6.45, 7) is 4.30. The first-order valence-electron chi connectivity index (χ1n) is 8.83. The maximum absolute atomic E-state index is 12.2. The lowest BCUT2D eigenvalue weighted by Gasteiger charge is -2.13. The van der Waals surface area contributed by atoms with Gasteiger partial charge >= 0.3 is 0 Å². The lowest BCUT2D eigenvalue weighted by atomic mass is 10.2. The van der Waals surface area contributed by atoms with E-state index in [1.807, 2.05) is 41.6 Å². The van der Waals surface area contributed by atoms with Gasteiger partial charge < -0.3 is 14.2 Å². The van der Waals surface area contributed by atoms with Gasteiger partial charge in [0.15, 0.2) is 5.65 Å². The van der Waals surface area contributed by atoms with E-state index in [-0.39, 0.29) is 5.91 Å². The van der Waals surface area contributed by atoms with Gasteiger partial charge in [-0.2, -0.15) is 0 Å². The topological polar surface area (TPSA) is 73.1 Å². The van der Waals surface area contributed by atoms with E-state index in [0.717, 1.165) is 53.7 Å². The van der Waals surface area contributed by atoms with Gasteiger partial charge in [-0.15, -0.1) is 10.2 Å². The summed E-state index contributed by atoms with van der Waals surface area (Å²) in [7, 11) is 1.96. The number of aromatic nitrogens is 4. The third-order valence-corrected chi connectivity index (χ3v) is 5.47. The first-order chi connectivity index (χ1) is 12.7. The van der Waals surface area contributed by atoms with Gasteiger partial charge in [-0.25, -0.2) is 4.98 Å². The number of hydrogen-bond donors (Lipinski definition) is 0. The average molecular weight is 371 g/mol. The number of aryl methyl sites for hydroxylation is 1. The Bertz CT molecular complexity index is 965. The fourth-order valence-electron chi connectivity index (χ4n) is 3.32. The molecular formula is C18H21N5O2S. The molecular weight excluding hydrogens is 350 g/mol. The smallest absolute Gasteiger partial charge is 0.233 e. The minimum Gasteiger partial charge on any atom is -0.494 e. The van der Waals surface area contributed by atoms with Crippen LogP contribution in [0.15, 0.2) is 23.4 Å². The number of carbonyl (C=O) groups excluding carboxylic acids is 1. The number of thioether (sulfide) groups is 1. The van der Waals surface area contributed by atoms with Crippen LogP contribution in [0, 0.1) is 0 Å². The molecule has 1 aromatic carbocycles. The van der Waals surface area contributed by atoms with Gasteiger partial charge in [-0.3, -0.25) is 4.79 Å². The summed E-state index contributed by atoms with van der Waals surface area (Å²) in [5, 5.41) is 10.1. The molecule has 3 heterocycles. The van der Waals surface area contributed by atoms with E-state index in [2.05, 4.69) is 15.2 Å². The summed E-state index contributed by atoms with van der Waals surface area (Å²) in [4.78, 5) is 18.7. The van der Waals surface area contributed by atoms with E-state index in [9.17, 15) is 4.79 Å².